The molecule has 0 spiro atoms. The zero-order valence-corrected chi connectivity index (χ0v) is 24.1. The van der Waals surface area contributed by atoms with Crippen molar-refractivity contribution in [3.05, 3.63) is 35.9 Å². The molecule has 8 nitrogen and oxygen atoms in total. The highest BCUT2D eigenvalue weighted by Crippen LogP contribution is 2.41. The Morgan fingerprint density at radius 1 is 0.757 bits per heavy atom. The summed E-state index contributed by atoms with van der Waals surface area (Å²) in [6.45, 7) is 16.9. The van der Waals surface area contributed by atoms with Crippen LogP contribution in [0.15, 0.2) is 30.3 Å². The van der Waals surface area contributed by atoms with Crippen LogP contribution in [-0.4, -0.2) is 70.1 Å². The summed E-state index contributed by atoms with van der Waals surface area (Å²) in [6.07, 6.45) is 2.42. The molecule has 0 saturated carbocycles. The van der Waals surface area contributed by atoms with E-state index in [4.69, 9.17) is 19.1 Å². The van der Waals surface area contributed by atoms with Gasteiger partial charge < -0.3 is 14.3 Å². The molecule has 8 heteroatoms. The lowest BCUT2D eigenvalue weighted by Gasteiger charge is -2.53. The second kappa shape index (κ2) is 11.0. The number of esters is 2. The predicted octanol–water partition coefficient (Wildman–Crippen LogP) is 5.31. The Balaban J connectivity index is 1.53. The molecule has 2 saturated heterocycles. The van der Waals surface area contributed by atoms with Gasteiger partial charge >= 0.3 is 11.9 Å². The van der Waals surface area contributed by atoms with Crippen LogP contribution in [0, 0.1) is 0 Å². The van der Waals surface area contributed by atoms with Gasteiger partial charge in [0, 0.05) is 47.8 Å². The smallest absolute Gasteiger partial charge is 0.338 e. The van der Waals surface area contributed by atoms with Crippen molar-refractivity contribution >= 4 is 11.9 Å². The van der Waals surface area contributed by atoms with E-state index in [2.05, 4.69) is 55.4 Å². The lowest BCUT2D eigenvalue weighted by molar-refractivity contribution is -0.292. The van der Waals surface area contributed by atoms with Gasteiger partial charge in [-0.2, -0.15) is 10.1 Å². The number of piperidine rings is 2. The van der Waals surface area contributed by atoms with E-state index >= 15 is 0 Å². The quantitative estimate of drug-likeness (QED) is 0.429. The molecule has 2 aliphatic rings. The molecule has 2 aliphatic heterocycles. The maximum absolute atomic E-state index is 12.7. The molecule has 1 aromatic carbocycles. The largest absolute Gasteiger partial charge is 0.462 e. The van der Waals surface area contributed by atoms with Gasteiger partial charge in [-0.25, -0.2) is 4.79 Å². The highest BCUT2D eigenvalue weighted by molar-refractivity contribution is 5.89. The van der Waals surface area contributed by atoms with Crippen molar-refractivity contribution in [3.63, 3.8) is 0 Å². The number of rotatable bonds is 8. The third-order valence-electron chi connectivity index (χ3n) is 7.40. The summed E-state index contributed by atoms with van der Waals surface area (Å²) in [4.78, 5) is 37.2. The monoisotopic (exact) mass is 518 g/mol. The molecule has 208 valence electrons. The molecule has 3 rings (SSSR count). The number of nitrogens with zero attached hydrogens (tertiary/aromatic N) is 2. The summed E-state index contributed by atoms with van der Waals surface area (Å²) in [6, 6.07) is 9.06. The van der Waals surface area contributed by atoms with Crippen LogP contribution >= 0.6 is 0 Å². The summed E-state index contributed by atoms with van der Waals surface area (Å²) in [7, 11) is 1.69. The van der Waals surface area contributed by atoms with Crippen molar-refractivity contribution in [2.24, 2.45) is 0 Å². The topological polar surface area (TPSA) is 77.5 Å². The van der Waals surface area contributed by atoms with Crippen LogP contribution in [0.1, 0.15) is 97.9 Å². The molecular formula is C29H46N2O6. The van der Waals surface area contributed by atoms with Crippen molar-refractivity contribution in [1.29, 1.82) is 0 Å². The summed E-state index contributed by atoms with van der Waals surface area (Å²) >= 11 is 0. The van der Waals surface area contributed by atoms with E-state index in [1.54, 1.807) is 19.2 Å². The average molecular weight is 519 g/mol. The lowest BCUT2D eigenvalue weighted by atomic mass is 9.80. The number of carbonyl (C=O) groups excluding carboxylic acids is 2. The Morgan fingerprint density at radius 2 is 1.22 bits per heavy atom. The van der Waals surface area contributed by atoms with E-state index in [1.165, 1.54) is 0 Å². The molecule has 0 radical (unpaired) electrons. The summed E-state index contributed by atoms with van der Waals surface area (Å²) in [5.74, 6) is -0.568. The summed E-state index contributed by atoms with van der Waals surface area (Å²) < 4.78 is 11.7. The van der Waals surface area contributed by atoms with Gasteiger partial charge in [-0.05, 0) is 67.5 Å². The van der Waals surface area contributed by atoms with Crippen LogP contribution in [-0.2, 0) is 23.9 Å². The number of benzene rings is 1. The van der Waals surface area contributed by atoms with E-state index in [-0.39, 0.29) is 48.3 Å². The first-order chi connectivity index (χ1) is 17.1. The average Bonchev–Trinajstić information content (AvgIpc) is 2.74. The van der Waals surface area contributed by atoms with Gasteiger partial charge in [-0.15, -0.1) is 0 Å². The molecule has 0 aromatic heterocycles. The van der Waals surface area contributed by atoms with Crippen molar-refractivity contribution in [2.45, 2.75) is 122 Å². The maximum atomic E-state index is 12.7. The van der Waals surface area contributed by atoms with Crippen molar-refractivity contribution in [1.82, 2.24) is 10.1 Å². The fourth-order valence-corrected chi connectivity index (χ4v) is 6.61. The normalized spacial score (nSPS) is 23.9. The van der Waals surface area contributed by atoms with Crippen LogP contribution < -0.4 is 0 Å². The van der Waals surface area contributed by atoms with E-state index in [1.807, 2.05) is 28.3 Å². The van der Waals surface area contributed by atoms with Gasteiger partial charge in [0.1, 0.15) is 12.2 Å². The zero-order chi connectivity index (χ0) is 27.6. The number of carbonyl (C=O) groups is 2. The molecule has 37 heavy (non-hydrogen) atoms. The highest BCUT2D eigenvalue weighted by atomic mass is 16.7. The number of hydrogen-bond donors (Lipinski definition) is 0. The first-order valence-corrected chi connectivity index (χ1v) is 13.3. The molecule has 0 bridgehead atoms. The van der Waals surface area contributed by atoms with Crippen molar-refractivity contribution in [3.8, 4) is 0 Å². The Hall–Kier alpha value is -2.00. The van der Waals surface area contributed by atoms with E-state index in [0.717, 1.165) is 0 Å². The van der Waals surface area contributed by atoms with Gasteiger partial charge in [-0.1, -0.05) is 18.2 Å². The predicted molar refractivity (Wildman–Crippen MR) is 142 cm³/mol. The number of ether oxygens (including phenoxy) is 2. The molecule has 2 fully saturated rings. The summed E-state index contributed by atoms with van der Waals surface area (Å²) in [5, 5.41) is 3.96. The van der Waals surface area contributed by atoms with Crippen molar-refractivity contribution in [2.75, 3.05) is 13.7 Å². The third kappa shape index (κ3) is 7.11. The SMILES string of the molecule is CON1C(C)(C)CC(OC(=O)CCON2C(C)(C)CC(OC(=O)c3ccccc3)CC2(C)C)CC1(C)C. The first kappa shape index (κ1) is 29.6. The Morgan fingerprint density at radius 3 is 1.70 bits per heavy atom. The van der Waals surface area contributed by atoms with Crippen LogP contribution in [0.4, 0.5) is 0 Å². The number of hydroxylamine groups is 4. The van der Waals surface area contributed by atoms with Crippen LogP contribution in [0.5, 0.6) is 0 Å². The third-order valence-corrected chi connectivity index (χ3v) is 7.40. The van der Waals surface area contributed by atoms with Gasteiger partial charge in [0.15, 0.2) is 0 Å². The Bertz CT molecular complexity index is 907. The molecule has 0 atom stereocenters. The second-order valence-electron chi connectivity index (χ2n) is 12.9. The van der Waals surface area contributed by atoms with E-state index in [0.29, 0.717) is 31.2 Å². The first-order valence-electron chi connectivity index (χ1n) is 13.3. The Labute approximate surface area is 222 Å². The van der Waals surface area contributed by atoms with E-state index in [9.17, 15) is 9.59 Å². The minimum Gasteiger partial charge on any atom is -0.462 e. The molecule has 0 aliphatic carbocycles. The highest BCUT2D eigenvalue weighted by Gasteiger charge is 2.49. The minimum absolute atomic E-state index is 0.167. The zero-order valence-electron chi connectivity index (χ0n) is 24.1. The molecule has 1 aromatic rings. The van der Waals surface area contributed by atoms with Crippen LogP contribution in [0.3, 0.4) is 0 Å². The molecule has 0 unspecified atom stereocenters. The molecular weight excluding hydrogens is 472 g/mol. The summed E-state index contributed by atoms with van der Waals surface area (Å²) in [5.41, 5.74) is -0.738. The fraction of sp³-hybridized carbons (Fsp3) is 0.724. The fourth-order valence-electron chi connectivity index (χ4n) is 6.61. The lowest BCUT2D eigenvalue weighted by Crippen LogP contribution is -2.62. The van der Waals surface area contributed by atoms with Gasteiger partial charge in [0.2, 0.25) is 0 Å². The van der Waals surface area contributed by atoms with E-state index < -0.39 is 11.1 Å². The number of hydrogen-bond acceptors (Lipinski definition) is 8. The molecule has 0 N–H and O–H groups in total. The van der Waals surface area contributed by atoms with Gasteiger partial charge in [0.05, 0.1) is 25.7 Å². The molecule has 0 amide bonds. The second-order valence-corrected chi connectivity index (χ2v) is 12.9. The molecule has 2 heterocycles. The van der Waals surface area contributed by atoms with Crippen LogP contribution in [0.2, 0.25) is 0 Å². The van der Waals surface area contributed by atoms with Crippen LogP contribution in [0.25, 0.3) is 0 Å². The Kier molecular flexibility index (Phi) is 8.79. The van der Waals surface area contributed by atoms with Crippen molar-refractivity contribution < 1.29 is 28.7 Å². The minimum atomic E-state index is -0.395. The van der Waals surface area contributed by atoms with Gasteiger partial charge in [0.25, 0.3) is 0 Å². The standard InChI is InChI=1S/C29H46N2O6/c1-26(2)17-22(18-27(3,4)30(26)34-9)36-24(32)15-16-35-31-28(5,6)19-23(20-29(31,7)8)37-25(33)21-13-11-10-12-14-21/h10-14,22-23H,15-20H2,1-9H3. The maximum Gasteiger partial charge on any atom is 0.338 e. The van der Waals surface area contributed by atoms with Gasteiger partial charge in [-0.3, -0.25) is 9.63 Å².